The molecule has 1 amide bonds. The third-order valence-electron chi connectivity index (χ3n) is 3.53. The lowest BCUT2D eigenvalue weighted by molar-refractivity contribution is -0.112. The topological polar surface area (TPSA) is 87.0 Å². The zero-order valence-corrected chi connectivity index (χ0v) is 14.3. The molecular weight excluding hydrogens is 360 g/mol. The number of nitriles is 1. The lowest BCUT2D eigenvalue weighted by atomic mass is 10.1. The molecule has 1 aliphatic heterocycles. The van der Waals surface area contributed by atoms with Crippen LogP contribution in [-0.4, -0.2) is 14.3 Å². The molecule has 124 valence electrons. The zero-order valence-electron chi connectivity index (χ0n) is 12.7. The summed E-state index contributed by atoms with van der Waals surface area (Å²) in [5, 5.41) is 13.4. The van der Waals surface area contributed by atoms with E-state index in [0.29, 0.717) is 21.8 Å². The standard InChI is InChI=1S/C18H11ClN2O3S/c19-15-3-1-2-12(9-15)8-14(11-20)18(22)21-16-5-4-13-6-7-25(23,24)17(13)10-16/h1-10H,(H,21,22)/b14-8+. The second-order valence-electron chi connectivity index (χ2n) is 5.28. The summed E-state index contributed by atoms with van der Waals surface area (Å²) in [5.74, 6) is -0.634. The minimum absolute atomic E-state index is 0.122. The molecule has 0 radical (unpaired) electrons. The highest BCUT2D eigenvalue weighted by Gasteiger charge is 2.21. The van der Waals surface area contributed by atoms with Crippen LogP contribution in [0.3, 0.4) is 0 Å². The van der Waals surface area contributed by atoms with Crippen LogP contribution in [0.1, 0.15) is 11.1 Å². The molecule has 0 bridgehead atoms. The Morgan fingerprint density at radius 1 is 1.20 bits per heavy atom. The Labute approximate surface area is 149 Å². The van der Waals surface area contributed by atoms with E-state index in [9.17, 15) is 18.5 Å². The third-order valence-corrected chi connectivity index (χ3v) is 5.23. The summed E-state index contributed by atoms with van der Waals surface area (Å²) in [6, 6.07) is 13.1. The van der Waals surface area contributed by atoms with Gasteiger partial charge in [-0.25, -0.2) is 8.42 Å². The molecule has 0 saturated carbocycles. The summed E-state index contributed by atoms with van der Waals surface area (Å²) in [7, 11) is -3.47. The molecule has 0 spiro atoms. The Bertz CT molecular complexity index is 1080. The molecule has 7 heteroatoms. The molecule has 0 fully saturated rings. The van der Waals surface area contributed by atoms with Crippen LogP contribution in [0.4, 0.5) is 5.69 Å². The van der Waals surface area contributed by atoms with E-state index < -0.39 is 15.7 Å². The minimum Gasteiger partial charge on any atom is -0.321 e. The molecule has 0 atom stereocenters. The number of fused-ring (bicyclic) bond motifs is 1. The van der Waals surface area contributed by atoms with Crippen molar-refractivity contribution in [3.8, 4) is 6.07 Å². The SMILES string of the molecule is N#C/C(=C\c1cccc(Cl)c1)C(=O)Nc1ccc2c(c1)S(=O)(=O)C=C2. The zero-order chi connectivity index (χ0) is 18.0. The molecule has 3 rings (SSSR count). The number of sulfone groups is 1. The average molecular weight is 371 g/mol. The fourth-order valence-electron chi connectivity index (χ4n) is 2.34. The van der Waals surface area contributed by atoms with Gasteiger partial charge in [-0.2, -0.15) is 5.26 Å². The molecular formula is C18H11ClN2O3S. The Hall–Kier alpha value is -2.88. The molecule has 1 aliphatic rings. The van der Waals surface area contributed by atoms with E-state index in [0.717, 1.165) is 5.41 Å². The van der Waals surface area contributed by atoms with Crippen molar-refractivity contribution >= 4 is 45.2 Å². The van der Waals surface area contributed by atoms with Gasteiger partial charge in [0.15, 0.2) is 0 Å². The maximum atomic E-state index is 12.3. The fraction of sp³-hybridized carbons (Fsp3) is 0. The normalized spacial score (nSPS) is 14.6. The van der Waals surface area contributed by atoms with Gasteiger partial charge >= 0.3 is 0 Å². The number of rotatable bonds is 3. The van der Waals surface area contributed by atoms with Crippen LogP contribution >= 0.6 is 11.6 Å². The van der Waals surface area contributed by atoms with Gasteiger partial charge in [-0.15, -0.1) is 0 Å². The van der Waals surface area contributed by atoms with E-state index in [1.165, 1.54) is 18.2 Å². The number of nitrogens with zero attached hydrogens (tertiary/aromatic N) is 1. The van der Waals surface area contributed by atoms with E-state index in [4.69, 9.17) is 11.6 Å². The molecule has 0 aromatic heterocycles. The number of benzene rings is 2. The van der Waals surface area contributed by atoms with Crippen molar-refractivity contribution in [2.24, 2.45) is 0 Å². The maximum absolute atomic E-state index is 12.3. The molecule has 0 unspecified atom stereocenters. The van der Waals surface area contributed by atoms with Gasteiger partial charge in [-0.1, -0.05) is 29.8 Å². The smallest absolute Gasteiger partial charge is 0.266 e. The summed E-state index contributed by atoms with van der Waals surface area (Å²) in [4.78, 5) is 12.4. The quantitative estimate of drug-likeness (QED) is 0.660. The average Bonchev–Trinajstić information content (AvgIpc) is 2.87. The molecule has 0 aliphatic carbocycles. The third kappa shape index (κ3) is 3.63. The Kier molecular flexibility index (Phi) is 4.45. The molecule has 25 heavy (non-hydrogen) atoms. The summed E-state index contributed by atoms with van der Waals surface area (Å²) < 4.78 is 23.8. The van der Waals surface area contributed by atoms with E-state index >= 15 is 0 Å². The number of nitrogens with one attached hydrogen (secondary N) is 1. The number of carbonyl (C=O) groups excluding carboxylic acids is 1. The first-order valence-electron chi connectivity index (χ1n) is 7.15. The summed E-state index contributed by atoms with van der Waals surface area (Å²) in [6.07, 6.45) is 2.91. The Morgan fingerprint density at radius 2 is 2.00 bits per heavy atom. The van der Waals surface area contributed by atoms with Crippen molar-refractivity contribution in [3.05, 3.63) is 69.6 Å². The van der Waals surface area contributed by atoms with E-state index in [-0.39, 0.29) is 10.5 Å². The molecule has 2 aromatic carbocycles. The number of hydrogen-bond acceptors (Lipinski definition) is 4. The fourth-order valence-corrected chi connectivity index (χ4v) is 3.77. The van der Waals surface area contributed by atoms with Gasteiger partial charge in [-0.3, -0.25) is 4.79 Å². The van der Waals surface area contributed by atoms with Crippen molar-refractivity contribution in [3.63, 3.8) is 0 Å². The molecule has 1 N–H and O–H groups in total. The Balaban J connectivity index is 1.86. The van der Waals surface area contributed by atoms with E-state index in [1.54, 1.807) is 36.4 Å². The highest BCUT2D eigenvalue weighted by molar-refractivity contribution is 7.94. The molecule has 5 nitrogen and oxygen atoms in total. The van der Waals surface area contributed by atoms with Gasteiger partial charge in [0.05, 0.1) is 4.90 Å². The number of carbonyl (C=O) groups is 1. The van der Waals surface area contributed by atoms with Crippen LogP contribution in [-0.2, 0) is 14.6 Å². The first-order valence-corrected chi connectivity index (χ1v) is 9.07. The van der Waals surface area contributed by atoms with Crippen molar-refractivity contribution in [1.29, 1.82) is 5.26 Å². The first-order chi connectivity index (χ1) is 11.9. The maximum Gasteiger partial charge on any atom is 0.266 e. The predicted octanol–water partition coefficient (Wildman–Crippen LogP) is 3.64. The second kappa shape index (κ2) is 6.55. The van der Waals surface area contributed by atoms with Gasteiger partial charge in [0.2, 0.25) is 9.84 Å². The lowest BCUT2D eigenvalue weighted by Gasteiger charge is -2.07. The highest BCUT2D eigenvalue weighted by atomic mass is 35.5. The van der Waals surface area contributed by atoms with Gasteiger partial charge in [0.25, 0.3) is 5.91 Å². The lowest BCUT2D eigenvalue weighted by Crippen LogP contribution is -2.13. The van der Waals surface area contributed by atoms with Gasteiger partial charge in [0.1, 0.15) is 11.6 Å². The predicted molar refractivity (Wildman–Crippen MR) is 96.3 cm³/mol. The summed E-state index contributed by atoms with van der Waals surface area (Å²) in [5.41, 5.74) is 1.35. The van der Waals surface area contributed by atoms with Crippen molar-refractivity contribution in [1.82, 2.24) is 0 Å². The minimum atomic E-state index is -3.47. The molecule has 2 aromatic rings. The van der Waals surface area contributed by atoms with Crippen molar-refractivity contribution in [2.75, 3.05) is 5.32 Å². The van der Waals surface area contributed by atoms with Crippen LogP contribution in [0, 0.1) is 11.3 Å². The van der Waals surface area contributed by atoms with E-state index in [2.05, 4.69) is 5.32 Å². The van der Waals surface area contributed by atoms with Gasteiger partial charge in [0, 0.05) is 16.1 Å². The molecule has 0 saturated heterocycles. The van der Waals surface area contributed by atoms with Gasteiger partial charge < -0.3 is 5.32 Å². The first kappa shape index (κ1) is 17.0. The van der Waals surface area contributed by atoms with Crippen LogP contribution < -0.4 is 5.32 Å². The number of hydrogen-bond donors (Lipinski definition) is 1. The Morgan fingerprint density at radius 3 is 2.72 bits per heavy atom. The van der Waals surface area contributed by atoms with Crippen LogP contribution in [0.15, 0.2) is 58.3 Å². The second-order valence-corrected chi connectivity index (χ2v) is 7.52. The summed E-state index contributed by atoms with van der Waals surface area (Å²) in [6.45, 7) is 0. The number of anilines is 1. The van der Waals surface area contributed by atoms with Crippen molar-refractivity contribution in [2.45, 2.75) is 4.90 Å². The highest BCUT2D eigenvalue weighted by Crippen LogP contribution is 2.29. The largest absolute Gasteiger partial charge is 0.321 e. The van der Waals surface area contributed by atoms with Crippen LogP contribution in [0.2, 0.25) is 5.02 Å². The van der Waals surface area contributed by atoms with E-state index in [1.807, 2.05) is 6.07 Å². The number of halogens is 1. The number of amides is 1. The summed E-state index contributed by atoms with van der Waals surface area (Å²) >= 11 is 5.89. The monoisotopic (exact) mass is 370 g/mol. The van der Waals surface area contributed by atoms with Gasteiger partial charge in [-0.05, 0) is 47.5 Å². The molecule has 1 heterocycles. The van der Waals surface area contributed by atoms with Crippen molar-refractivity contribution < 1.29 is 13.2 Å². The van der Waals surface area contributed by atoms with Crippen LogP contribution in [0.25, 0.3) is 12.2 Å². The van der Waals surface area contributed by atoms with Crippen LogP contribution in [0.5, 0.6) is 0 Å².